The van der Waals surface area contributed by atoms with Crippen molar-refractivity contribution in [2.24, 2.45) is 5.92 Å². The van der Waals surface area contributed by atoms with E-state index in [1.807, 2.05) is 36.4 Å². The van der Waals surface area contributed by atoms with Crippen molar-refractivity contribution >= 4 is 27.5 Å². The van der Waals surface area contributed by atoms with Crippen molar-refractivity contribution in [1.29, 1.82) is 0 Å². The van der Waals surface area contributed by atoms with Crippen molar-refractivity contribution in [3.63, 3.8) is 0 Å². The fraction of sp³-hybridized carbons (Fsp3) is 0.381. The number of nitrogens with zero attached hydrogens (tertiary/aromatic N) is 1. The van der Waals surface area contributed by atoms with Crippen molar-refractivity contribution in [2.45, 2.75) is 24.8 Å². The van der Waals surface area contributed by atoms with Crippen LogP contribution in [0.15, 0.2) is 48.5 Å². The lowest BCUT2D eigenvalue weighted by molar-refractivity contribution is -0.131. The molecular formula is C21H23ClN2O3S. The maximum Gasteiger partial charge on any atom is 0.226 e. The first-order chi connectivity index (χ1) is 13.3. The molecule has 2 fully saturated rings. The zero-order valence-corrected chi connectivity index (χ0v) is 17.2. The summed E-state index contributed by atoms with van der Waals surface area (Å²) in [5, 5.41) is 0.681. The van der Waals surface area contributed by atoms with Crippen LogP contribution in [-0.2, 0) is 14.8 Å². The van der Waals surface area contributed by atoms with Gasteiger partial charge in [0.15, 0.2) is 0 Å². The zero-order chi connectivity index (χ0) is 19.9. The Bertz CT molecular complexity index is 994. The Hall–Kier alpha value is -1.89. The molecule has 7 heteroatoms. The van der Waals surface area contributed by atoms with Crippen LogP contribution >= 0.6 is 11.6 Å². The molecule has 0 aromatic heterocycles. The van der Waals surface area contributed by atoms with Gasteiger partial charge in [-0.2, -0.15) is 0 Å². The van der Waals surface area contributed by atoms with Crippen LogP contribution < -0.4 is 4.72 Å². The third-order valence-electron chi connectivity index (χ3n) is 5.49. The van der Waals surface area contributed by atoms with Crippen LogP contribution in [-0.4, -0.2) is 44.6 Å². The third-order valence-corrected chi connectivity index (χ3v) is 6.48. The number of amides is 1. The fourth-order valence-corrected chi connectivity index (χ4v) is 5.10. The van der Waals surface area contributed by atoms with Crippen LogP contribution in [0, 0.1) is 5.92 Å². The van der Waals surface area contributed by atoms with Crippen molar-refractivity contribution in [1.82, 2.24) is 9.62 Å². The lowest BCUT2D eigenvalue weighted by atomic mass is 9.96. The Morgan fingerprint density at radius 3 is 2.64 bits per heavy atom. The van der Waals surface area contributed by atoms with Crippen molar-refractivity contribution in [2.75, 3.05) is 19.3 Å². The highest BCUT2D eigenvalue weighted by Crippen LogP contribution is 2.51. The van der Waals surface area contributed by atoms with E-state index >= 15 is 0 Å². The molecule has 28 heavy (non-hydrogen) atoms. The first-order valence-electron chi connectivity index (χ1n) is 9.43. The summed E-state index contributed by atoms with van der Waals surface area (Å²) in [6, 6.07) is 15.8. The number of nitrogens with one attached hydrogen (secondary N) is 1. The van der Waals surface area contributed by atoms with Crippen LogP contribution in [0.2, 0.25) is 5.02 Å². The summed E-state index contributed by atoms with van der Waals surface area (Å²) in [4.78, 5) is 14.7. The molecule has 3 atom stereocenters. The minimum atomic E-state index is -3.26. The highest BCUT2D eigenvalue weighted by molar-refractivity contribution is 7.88. The number of hydrogen-bond acceptors (Lipinski definition) is 3. The summed E-state index contributed by atoms with van der Waals surface area (Å²) in [6.07, 6.45) is 2.63. The van der Waals surface area contributed by atoms with Gasteiger partial charge in [-0.3, -0.25) is 4.79 Å². The summed E-state index contributed by atoms with van der Waals surface area (Å²) >= 11 is 6.23. The lowest BCUT2D eigenvalue weighted by Crippen LogP contribution is -2.38. The largest absolute Gasteiger partial charge is 0.341 e. The van der Waals surface area contributed by atoms with Gasteiger partial charge in [-0.05, 0) is 47.6 Å². The second-order valence-electron chi connectivity index (χ2n) is 7.71. The van der Waals surface area contributed by atoms with E-state index < -0.39 is 10.0 Å². The smallest absolute Gasteiger partial charge is 0.226 e. The molecule has 1 N–H and O–H groups in total. The molecule has 0 radical (unpaired) electrons. The molecule has 1 heterocycles. The van der Waals surface area contributed by atoms with E-state index in [9.17, 15) is 13.2 Å². The maximum atomic E-state index is 12.9. The van der Waals surface area contributed by atoms with Crippen molar-refractivity contribution < 1.29 is 13.2 Å². The quantitative estimate of drug-likeness (QED) is 0.810. The monoisotopic (exact) mass is 418 g/mol. The number of hydrogen-bond donors (Lipinski definition) is 1. The Kier molecular flexibility index (Phi) is 5.21. The van der Waals surface area contributed by atoms with Gasteiger partial charge in [-0.15, -0.1) is 0 Å². The van der Waals surface area contributed by atoms with Gasteiger partial charge in [0.05, 0.1) is 6.26 Å². The SMILES string of the molecule is CS(=O)(=O)N[C@@H]1CCN(C(=O)[C@@H]2C[C@H]2c2ccc(Cl)cc2-c2ccccc2)C1. The molecule has 1 amide bonds. The van der Waals surface area contributed by atoms with E-state index in [0.717, 1.165) is 29.4 Å². The normalized spacial score (nSPS) is 24.4. The average molecular weight is 419 g/mol. The minimum absolute atomic E-state index is 0.0411. The highest BCUT2D eigenvalue weighted by atomic mass is 35.5. The van der Waals surface area contributed by atoms with Gasteiger partial charge >= 0.3 is 0 Å². The molecule has 4 rings (SSSR count). The zero-order valence-electron chi connectivity index (χ0n) is 15.6. The number of carbonyl (C=O) groups is 1. The second kappa shape index (κ2) is 7.50. The van der Waals surface area contributed by atoms with Crippen LogP contribution in [0.5, 0.6) is 0 Å². The average Bonchev–Trinajstić information content (AvgIpc) is 3.32. The number of benzene rings is 2. The minimum Gasteiger partial charge on any atom is -0.341 e. The Morgan fingerprint density at radius 2 is 1.93 bits per heavy atom. The van der Waals surface area contributed by atoms with Crippen LogP contribution in [0.4, 0.5) is 0 Å². The van der Waals surface area contributed by atoms with Gasteiger partial charge in [0.25, 0.3) is 0 Å². The summed E-state index contributed by atoms with van der Waals surface area (Å²) in [7, 11) is -3.26. The van der Waals surface area contributed by atoms with E-state index in [-0.39, 0.29) is 23.8 Å². The van der Waals surface area contributed by atoms with Gasteiger partial charge in [0, 0.05) is 30.1 Å². The number of carbonyl (C=O) groups excluding carboxylic acids is 1. The van der Waals surface area contributed by atoms with E-state index in [4.69, 9.17) is 11.6 Å². The molecule has 1 aliphatic carbocycles. The van der Waals surface area contributed by atoms with Gasteiger partial charge in [-0.1, -0.05) is 48.0 Å². The molecule has 1 saturated heterocycles. The molecule has 0 bridgehead atoms. The number of halogens is 1. The van der Waals surface area contributed by atoms with Crippen LogP contribution in [0.3, 0.4) is 0 Å². The maximum absolute atomic E-state index is 12.9. The molecule has 5 nitrogen and oxygen atoms in total. The predicted octanol–water partition coefficient (Wildman–Crippen LogP) is 3.26. The van der Waals surface area contributed by atoms with Gasteiger partial charge in [0.2, 0.25) is 15.9 Å². The topological polar surface area (TPSA) is 66.5 Å². The second-order valence-corrected chi connectivity index (χ2v) is 9.92. The molecule has 2 aliphatic rings. The molecule has 148 valence electrons. The molecule has 2 aromatic rings. The number of sulfonamides is 1. The molecule has 0 spiro atoms. The lowest BCUT2D eigenvalue weighted by Gasteiger charge is -2.17. The fourth-order valence-electron chi connectivity index (χ4n) is 4.13. The third kappa shape index (κ3) is 4.24. The molecule has 1 aliphatic heterocycles. The Balaban J connectivity index is 1.48. The van der Waals surface area contributed by atoms with Crippen molar-refractivity contribution in [3.05, 3.63) is 59.1 Å². The molecule has 2 aromatic carbocycles. The van der Waals surface area contributed by atoms with Gasteiger partial charge in [0.1, 0.15) is 0 Å². The van der Waals surface area contributed by atoms with Crippen LogP contribution in [0.25, 0.3) is 11.1 Å². The summed E-state index contributed by atoms with van der Waals surface area (Å²) in [5.74, 6) is 0.263. The van der Waals surface area contributed by atoms with Crippen molar-refractivity contribution in [3.8, 4) is 11.1 Å². The highest BCUT2D eigenvalue weighted by Gasteiger charge is 2.47. The van der Waals surface area contributed by atoms with Crippen LogP contribution in [0.1, 0.15) is 24.3 Å². The number of rotatable bonds is 5. The van der Waals surface area contributed by atoms with Gasteiger partial charge in [-0.25, -0.2) is 13.1 Å². The van der Waals surface area contributed by atoms with E-state index in [0.29, 0.717) is 24.5 Å². The van der Waals surface area contributed by atoms with E-state index in [1.165, 1.54) is 0 Å². The van der Waals surface area contributed by atoms with E-state index in [1.54, 1.807) is 4.90 Å². The first-order valence-corrected chi connectivity index (χ1v) is 11.7. The summed E-state index contributed by atoms with van der Waals surface area (Å²) in [5.41, 5.74) is 3.32. The first kappa shape index (κ1) is 19.4. The predicted molar refractivity (Wildman–Crippen MR) is 111 cm³/mol. The standard InChI is InChI=1S/C21H23ClN2O3S/c1-28(26,27)23-16-9-10-24(13-16)21(25)20-12-19(20)17-8-7-15(22)11-18(17)14-5-3-2-4-6-14/h2-8,11,16,19-20,23H,9-10,12-13H2,1H3/t16-,19+,20-/m1/s1. The Morgan fingerprint density at radius 1 is 1.18 bits per heavy atom. The van der Waals surface area contributed by atoms with E-state index in [2.05, 4.69) is 16.9 Å². The Labute approximate surface area is 170 Å². The summed E-state index contributed by atoms with van der Waals surface area (Å²) < 4.78 is 25.4. The molecular weight excluding hydrogens is 396 g/mol. The molecule has 0 unspecified atom stereocenters. The number of likely N-dealkylation sites (tertiary alicyclic amines) is 1. The van der Waals surface area contributed by atoms with Gasteiger partial charge < -0.3 is 4.90 Å². The summed E-state index contributed by atoms with van der Waals surface area (Å²) in [6.45, 7) is 1.04. The molecule has 1 saturated carbocycles.